The van der Waals surface area contributed by atoms with Crippen LogP contribution in [0.15, 0.2) is 0 Å². The fourth-order valence-electron chi connectivity index (χ4n) is 2.92. The van der Waals surface area contributed by atoms with Crippen molar-refractivity contribution in [2.75, 3.05) is 32.8 Å². The third kappa shape index (κ3) is 3.41. The monoisotopic (exact) mass is 243 g/mol. The standard InChI is InChI=1S/C13H25NO3/c1-2-7-14(8-9-15)10-12-11-16-13(17-12)5-3-4-6-13/h12,15H,2-11H2,1H3. The molecule has 100 valence electrons. The van der Waals surface area contributed by atoms with Gasteiger partial charge >= 0.3 is 0 Å². The average molecular weight is 243 g/mol. The number of rotatable bonds is 6. The fourth-order valence-corrected chi connectivity index (χ4v) is 2.92. The van der Waals surface area contributed by atoms with Crippen LogP contribution < -0.4 is 0 Å². The highest BCUT2D eigenvalue weighted by Gasteiger charge is 2.43. The molecule has 1 aliphatic heterocycles. The normalized spacial score (nSPS) is 27.4. The Balaban J connectivity index is 1.79. The van der Waals surface area contributed by atoms with Crippen molar-refractivity contribution in [3.05, 3.63) is 0 Å². The van der Waals surface area contributed by atoms with E-state index in [0.29, 0.717) is 6.61 Å². The van der Waals surface area contributed by atoms with Crippen molar-refractivity contribution >= 4 is 0 Å². The van der Waals surface area contributed by atoms with Crippen molar-refractivity contribution in [2.24, 2.45) is 0 Å². The van der Waals surface area contributed by atoms with Gasteiger partial charge in [0, 0.05) is 25.9 Å². The summed E-state index contributed by atoms with van der Waals surface area (Å²) in [5.74, 6) is -0.248. The highest BCUT2D eigenvalue weighted by atomic mass is 16.7. The third-order valence-electron chi connectivity index (χ3n) is 3.70. The maximum atomic E-state index is 9.03. The summed E-state index contributed by atoms with van der Waals surface area (Å²) in [5.41, 5.74) is 0. The summed E-state index contributed by atoms with van der Waals surface area (Å²) < 4.78 is 11.9. The average Bonchev–Trinajstić information content (AvgIpc) is 2.91. The van der Waals surface area contributed by atoms with E-state index in [4.69, 9.17) is 14.6 Å². The summed E-state index contributed by atoms with van der Waals surface area (Å²) in [7, 11) is 0. The van der Waals surface area contributed by atoms with Crippen molar-refractivity contribution < 1.29 is 14.6 Å². The third-order valence-corrected chi connectivity index (χ3v) is 3.70. The highest BCUT2D eigenvalue weighted by molar-refractivity contribution is 4.85. The molecule has 1 atom stereocenters. The van der Waals surface area contributed by atoms with E-state index >= 15 is 0 Å². The van der Waals surface area contributed by atoms with Crippen molar-refractivity contribution in [1.29, 1.82) is 0 Å². The molecule has 0 bridgehead atoms. The van der Waals surface area contributed by atoms with Gasteiger partial charge in [-0.05, 0) is 25.8 Å². The first-order valence-corrected chi connectivity index (χ1v) is 6.93. The molecule has 4 heteroatoms. The van der Waals surface area contributed by atoms with E-state index in [0.717, 1.165) is 38.9 Å². The maximum Gasteiger partial charge on any atom is 0.168 e. The topological polar surface area (TPSA) is 41.9 Å². The molecule has 17 heavy (non-hydrogen) atoms. The van der Waals surface area contributed by atoms with Gasteiger partial charge in [-0.1, -0.05) is 6.92 Å². The first kappa shape index (κ1) is 13.3. The van der Waals surface area contributed by atoms with E-state index in [1.54, 1.807) is 0 Å². The summed E-state index contributed by atoms with van der Waals surface area (Å²) >= 11 is 0. The van der Waals surface area contributed by atoms with Gasteiger partial charge in [-0.2, -0.15) is 0 Å². The molecule has 1 saturated carbocycles. The molecule has 0 amide bonds. The first-order chi connectivity index (χ1) is 8.28. The molecule has 2 rings (SSSR count). The molecule has 0 aromatic heterocycles. The lowest BCUT2D eigenvalue weighted by Gasteiger charge is -2.25. The smallest absolute Gasteiger partial charge is 0.168 e. The molecule has 0 aromatic rings. The van der Waals surface area contributed by atoms with Crippen molar-refractivity contribution in [3.8, 4) is 0 Å². The van der Waals surface area contributed by atoms with Crippen LogP contribution >= 0.6 is 0 Å². The van der Waals surface area contributed by atoms with Crippen LogP contribution in [-0.4, -0.2) is 54.7 Å². The highest BCUT2D eigenvalue weighted by Crippen LogP contribution is 2.39. The van der Waals surface area contributed by atoms with Crippen LogP contribution in [-0.2, 0) is 9.47 Å². The second kappa shape index (κ2) is 6.14. The maximum absolute atomic E-state index is 9.03. The second-order valence-corrected chi connectivity index (χ2v) is 5.19. The van der Waals surface area contributed by atoms with Gasteiger partial charge in [0.2, 0.25) is 0 Å². The zero-order chi connectivity index (χ0) is 12.1. The molecule has 1 heterocycles. The Morgan fingerprint density at radius 3 is 2.71 bits per heavy atom. The van der Waals surface area contributed by atoms with E-state index in [1.807, 2.05) is 0 Å². The van der Waals surface area contributed by atoms with E-state index in [1.165, 1.54) is 12.8 Å². The van der Waals surface area contributed by atoms with E-state index < -0.39 is 0 Å². The minimum atomic E-state index is -0.248. The Morgan fingerprint density at radius 2 is 2.06 bits per heavy atom. The number of hydrogen-bond acceptors (Lipinski definition) is 4. The van der Waals surface area contributed by atoms with E-state index in [2.05, 4.69) is 11.8 Å². The number of ether oxygens (including phenoxy) is 2. The van der Waals surface area contributed by atoms with Crippen molar-refractivity contribution in [3.63, 3.8) is 0 Å². The van der Waals surface area contributed by atoms with Crippen LogP contribution in [0.2, 0.25) is 0 Å². The van der Waals surface area contributed by atoms with Gasteiger partial charge in [-0.25, -0.2) is 0 Å². The molecule has 1 spiro atoms. The summed E-state index contributed by atoms with van der Waals surface area (Å²) in [6.07, 6.45) is 5.85. The Bertz CT molecular complexity index is 223. The minimum absolute atomic E-state index is 0.186. The molecule has 4 nitrogen and oxygen atoms in total. The van der Waals surface area contributed by atoms with E-state index in [9.17, 15) is 0 Å². The lowest BCUT2D eigenvalue weighted by molar-refractivity contribution is -0.163. The number of aliphatic hydroxyl groups is 1. The van der Waals surface area contributed by atoms with Crippen LogP contribution in [0.3, 0.4) is 0 Å². The van der Waals surface area contributed by atoms with Gasteiger partial charge in [0.05, 0.1) is 19.3 Å². The predicted molar refractivity (Wildman–Crippen MR) is 65.8 cm³/mol. The molecule has 1 N–H and O–H groups in total. The number of nitrogens with zero attached hydrogens (tertiary/aromatic N) is 1. The number of hydrogen-bond donors (Lipinski definition) is 1. The van der Waals surface area contributed by atoms with E-state index in [-0.39, 0.29) is 18.5 Å². The lowest BCUT2D eigenvalue weighted by atomic mass is 10.2. The quantitative estimate of drug-likeness (QED) is 0.765. The summed E-state index contributed by atoms with van der Waals surface area (Å²) in [4.78, 5) is 2.27. The van der Waals surface area contributed by atoms with Gasteiger partial charge in [-0.3, -0.25) is 4.90 Å². The molecule has 1 unspecified atom stereocenters. The molecule has 1 saturated heterocycles. The Hall–Kier alpha value is -0.160. The van der Waals surface area contributed by atoms with Crippen LogP contribution in [0.4, 0.5) is 0 Å². The molecular weight excluding hydrogens is 218 g/mol. The second-order valence-electron chi connectivity index (χ2n) is 5.19. The lowest BCUT2D eigenvalue weighted by Crippen LogP contribution is -2.37. The first-order valence-electron chi connectivity index (χ1n) is 6.93. The Morgan fingerprint density at radius 1 is 1.29 bits per heavy atom. The Kier molecular flexibility index (Phi) is 4.79. The van der Waals surface area contributed by atoms with Crippen LogP contribution in [0, 0.1) is 0 Å². The number of aliphatic hydroxyl groups excluding tert-OH is 1. The van der Waals surface area contributed by atoms with Crippen LogP contribution in [0.25, 0.3) is 0 Å². The predicted octanol–water partition coefficient (Wildman–Crippen LogP) is 1.38. The summed E-state index contributed by atoms with van der Waals surface area (Å²) in [6.45, 7) is 5.74. The van der Waals surface area contributed by atoms with Crippen LogP contribution in [0.5, 0.6) is 0 Å². The van der Waals surface area contributed by atoms with Gasteiger partial charge in [0.1, 0.15) is 0 Å². The van der Waals surface area contributed by atoms with Crippen LogP contribution in [0.1, 0.15) is 39.0 Å². The van der Waals surface area contributed by atoms with Crippen molar-refractivity contribution in [2.45, 2.75) is 50.9 Å². The van der Waals surface area contributed by atoms with Gasteiger partial charge in [0.15, 0.2) is 5.79 Å². The molecule has 0 aromatic carbocycles. The van der Waals surface area contributed by atoms with Gasteiger partial charge in [0.25, 0.3) is 0 Å². The SMILES string of the molecule is CCCN(CCO)CC1COC2(CCCC2)O1. The summed E-state index contributed by atoms with van der Waals surface area (Å²) in [6, 6.07) is 0. The molecule has 2 aliphatic rings. The zero-order valence-corrected chi connectivity index (χ0v) is 10.9. The molecule has 2 fully saturated rings. The Labute approximate surface area is 104 Å². The molecule has 0 radical (unpaired) electrons. The minimum Gasteiger partial charge on any atom is -0.395 e. The summed E-state index contributed by atoms with van der Waals surface area (Å²) in [5, 5.41) is 9.03. The van der Waals surface area contributed by atoms with Gasteiger partial charge < -0.3 is 14.6 Å². The fraction of sp³-hybridized carbons (Fsp3) is 1.00. The van der Waals surface area contributed by atoms with Crippen molar-refractivity contribution in [1.82, 2.24) is 4.90 Å². The molecular formula is C13H25NO3. The zero-order valence-electron chi connectivity index (χ0n) is 10.9. The molecule has 1 aliphatic carbocycles. The van der Waals surface area contributed by atoms with Gasteiger partial charge in [-0.15, -0.1) is 0 Å². The largest absolute Gasteiger partial charge is 0.395 e.